The molecule has 0 aliphatic carbocycles. The van der Waals surface area contributed by atoms with Gasteiger partial charge in [0.15, 0.2) is 0 Å². The van der Waals surface area contributed by atoms with Crippen LogP contribution in [-0.4, -0.2) is 35.8 Å². The molecule has 4 N–H and O–H groups in total. The zero-order chi connectivity index (χ0) is 15.2. The van der Waals surface area contributed by atoms with Crippen molar-refractivity contribution >= 4 is 23.2 Å². The molecule has 1 aromatic rings. The van der Waals surface area contributed by atoms with Gasteiger partial charge in [-0.1, -0.05) is 12.1 Å². The number of halogens is 1. The van der Waals surface area contributed by atoms with E-state index in [0.29, 0.717) is 18.2 Å². The Labute approximate surface area is 131 Å². The van der Waals surface area contributed by atoms with Gasteiger partial charge in [0.2, 0.25) is 5.91 Å². The normalized spacial score (nSPS) is 17.7. The monoisotopic (exact) mass is 309 g/mol. The topological polar surface area (TPSA) is 72.3 Å². The molecule has 0 aromatic heterocycles. The van der Waals surface area contributed by atoms with Crippen LogP contribution < -0.4 is 11.5 Å². The van der Waals surface area contributed by atoms with E-state index in [9.17, 15) is 4.79 Å². The van der Waals surface area contributed by atoms with Gasteiger partial charge in [0.1, 0.15) is 0 Å². The Bertz CT molecular complexity index is 455. The van der Waals surface area contributed by atoms with Crippen molar-refractivity contribution in [2.75, 3.05) is 24.7 Å². The fourth-order valence-electron chi connectivity index (χ4n) is 2.83. The van der Waals surface area contributed by atoms with Gasteiger partial charge in [-0.3, -0.25) is 4.79 Å². The minimum Gasteiger partial charge on any atom is -0.399 e. The zero-order valence-corrected chi connectivity index (χ0v) is 13.1. The van der Waals surface area contributed by atoms with E-state index in [1.54, 1.807) is 0 Å². The number of nitrogen functional groups attached to an aromatic ring is 1. The molecule has 1 aliphatic rings. The predicted octanol–water partition coefficient (Wildman–Crippen LogP) is 2.01. The molecule has 0 radical (unpaired) electrons. The van der Waals surface area contributed by atoms with Crippen LogP contribution in [0.5, 0.6) is 0 Å². The van der Waals surface area contributed by atoms with Crippen LogP contribution in [0.25, 0.3) is 0 Å². The lowest BCUT2D eigenvalue weighted by Crippen LogP contribution is -2.48. The van der Waals surface area contributed by atoms with Gasteiger partial charge in [0.05, 0.1) is 6.04 Å². The summed E-state index contributed by atoms with van der Waals surface area (Å²) in [5.41, 5.74) is 13.5. The molecule has 1 aromatic carbocycles. The number of likely N-dealkylation sites (tertiary alicyclic amines) is 1. The van der Waals surface area contributed by atoms with E-state index in [1.807, 2.05) is 29.2 Å². The Morgan fingerprint density at radius 2 is 1.90 bits per heavy atom. The molecule has 21 heavy (non-hydrogen) atoms. The molecule has 0 unspecified atom stereocenters. The van der Waals surface area contributed by atoms with Crippen LogP contribution in [-0.2, 0) is 11.2 Å². The van der Waals surface area contributed by atoms with Crippen LogP contribution >= 0.6 is 11.6 Å². The summed E-state index contributed by atoms with van der Waals surface area (Å²) >= 11 is 5.78. The van der Waals surface area contributed by atoms with E-state index >= 15 is 0 Å². The summed E-state index contributed by atoms with van der Waals surface area (Å²) < 4.78 is 0. The number of anilines is 1. The lowest BCUT2D eigenvalue weighted by Gasteiger charge is -2.33. The quantitative estimate of drug-likeness (QED) is 0.645. The van der Waals surface area contributed by atoms with Crippen molar-refractivity contribution < 1.29 is 4.79 Å². The minimum absolute atomic E-state index is 0.0520. The number of hydrogen-bond donors (Lipinski definition) is 2. The zero-order valence-electron chi connectivity index (χ0n) is 12.3. The van der Waals surface area contributed by atoms with E-state index in [-0.39, 0.29) is 5.91 Å². The van der Waals surface area contributed by atoms with Crippen molar-refractivity contribution in [2.24, 2.45) is 11.7 Å². The van der Waals surface area contributed by atoms with E-state index in [0.717, 1.165) is 43.6 Å². The van der Waals surface area contributed by atoms with Gasteiger partial charge in [-0.05, 0) is 49.3 Å². The highest BCUT2D eigenvalue weighted by atomic mass is 35.5. The highest BCUT2D eigenvalue weighted by molar-refractivity contribution is 6.17. The van der Waals surface area contributed by atoms with Crippen LogP contribution in [0.4, 0.5) is 5.69 Å². The van der Waals surface area contributed by atoms with Crippen molar-refractivity contribution in [3.05, 3.63) is 29.8 Å². The second-order valence-electron chi connectivity index (χ2n) is 5.80. The number of alkyl halides is 1. The Balaban J connectivity index is 1.84. The highest BCUT2D eigenvalue weighted by Crippen LogP contribution is 2.21. The summed E-state index contributed by atoms with van der Waals surface area (Å²) in [6, 6.07) is 7.05. The van der Waals surface area contributed by atoms with Gasteiger partial charge in [0.25, 0.3) is 0 Å². The lowest BCUT2D eigenvalue weighted by molar-refractivity contribution is -0.134. The average Bonchev–Trinajstić information content (AvgIpc) is 2.50. The van der Waals surface area contributed by atoms with E-state index < -0.39 is 6.04 Å². The van der Waals surface area contributed by atoms with Crippen molar-refractivity contribution in [1.29, 1.82) is 0 Å². The van der Waals surface area contributed by atoms with Gasteiger partial charge in [0, 0.05) is 24.7 Å². The van der Waals surface area contributed by atoms with Crippen LogP contribution in [0.1, 0.15) is 24.8 Å². The fraction of sp³-hybridized carbons (Fsp3) is 0.562. The molecule has 0 spiro atoms. The van der Waals surface area contributed by atoms with Crippen molar-refractivity contribution in [3.63, 3.8) is 0 Å². The first-order chi connectivity index (χ1) is 10.1. The first-order valence-corrected chi connectivity index (χ1v) is 8.08. The van der Waals surface area contributed by atoms with Gasteiger partial charge < -0.3 is 16.4 Å². The maximum Gasteiger partial charge on any atom is 0.239 e. The molecule has 5 heteroatoms. The number of carbonyl (C=O) groups excluding carboxylic acids is 1. The van der Waals surface area contributed by atoms with Crippen molar-refractivity contribution in [3.8, 4) is 0 Å². The van der Waals surface area contributed by atoms with Crippen molar-refractivity contribution in [1.82, 2.24) is 4.90 Å². The standard InChI is InChI=1S/C16H24ClN3O/c17-8-5-12-6-9-20(10-7-12)16(21)15(19)11-13-1-3-14(18)4-2-13/h1-4,12,15H,5-11,18-19H2/t15-/m0/s1. The third-order valence-electron chi connectivity index (χ3n) is 4.20. The molecule has 1 atom stereocenters. The number of benzene rings is 1. The smallest absolute Gasteiger partial charge is 0.239 e. The Kier molecular flexibility index (Phi) is 5.88. The molecule has 1 heterocycles. The number of piperidine rings is 1. The summed E-state index contributed by atoms with van der Waals surface area (Å²) in [5.74, 6) is 1.41. The molecule has 1 saturated heterocycles. The Morgan fingerprint density at radius 1 is 1.29 bits per heavy atom. The summed E-state index contributed by atoms with van der Waals surface area (Å²) in [7, 11) is 0. The third kappa shape index (κ3) is 4.61. The number of amides is 1. The highest BCUT2D eigenvalue weighted by Gasteiger charge is 2.26. The van der Waals surface area contributed by atoms with E-state index in [1.165, 1.54) is 0 Å². The van der Waals surface area contributed by atoms with Gasteiger partial charge in [-0.15, -0.1) is 11.6 Å². The first kappa shape index (κ1) is 16.1. The second-order valence-corrected chi connectivity index (χ2v) is 6.18. The molecule has 2 rings (SSSR count). The first-order valence-electron chi connectivity index (χ1n) is 7.55. The summed E-state index contributed by atoms with van der Waals surface area (Å²) in [4.78, 5) is 14.3. The predicted molar refractivity (Wildman–Crippen MR) is 87.2 cm³/mol. The number of nitrogens with two attached hydrogens (primary N) is 2. The maximum absolute atomic E-state index is 12.4. The fourth-order valence-corrected chi connectivity index (χ4v) is 3.13. The van der Waals surface area contributed by atoms with Gasteiger partial charge in [-0.2, -0.15) is 0 Å². The number of hydrogen-bond acceptors (Lipinski definition) is 3. The van der Waals surface area contributed by atoms with Gasteiger partial charge >= 0.3 is 0 Å². The average molecular weight is 310 g/mol. The summed E-state index contributed by atoms with van der Waals surface area (Å²) in [6.07, 6.45) is 3.67. The van der Waals surface area contributed by atoms with Crippen molar-refractivity contribution in [2.45, 2.75) is 31.7 Å². The largest absolute Gasteiger partial charge is 0.399 e. The molecule has 116 valence electrons. The Hall–Kier alpha value is -1.26. The molecule has 0 saturated carbocycles. The molecular formula is C16H24ClN3O. The molecule has 0 bridgehead atoms. The van der Waals surface area contributed by atoms with Crippen LogP contribution in [0.15, 0.2) is 24.3 Å². The van der Waals surface area contributed by atoms with Crippen LogP contribution in [0.2, 0.25) is 0 Å². The molecule has 4 nitrogen and oxygen atoms in total. The minimum atomic E-state index is -0.474. The van der Waals surface area contributed by atoms with E-state index in [4.69, 9.17) is 23.1 Å². The number of rotatable bonds is 5. The lowest BCUT2D eigenvalue weighted by atomic mass is 9.93. The maximum atomic E-state index is 12.4. The van der Waals surface area contributed by atoms with Crippen LogP contribution in [0, 0.1) is 5.92 Å². The molecular weight excluding hydrogens is 286 g/mol. The second kappa shape index (κ2) is 7.66. The molecule has 1 aliphatic heterocycles. The number of carbonyl (C=O) groups is 1. The van der Waals surface area contributed by atoms with Gasteiger partial charge in [-0.25, -0.2) is 0 Å². The third-order valence-corrected chi connectivity index (χ3v) is 4.41. The SMILES string of the molecule is Nc1ccc(C[C@H](N)C(=O)N2CCC(CCCl)CC2)cc1. The summed E-state index contributed by atoms with van der Waals surface area (Å²) in [6.45, 7) is 1.60. The summed E-state index contributed by atoms with van der Waals surface area (Å²) in [5, 5.41) is 0. The molecule has 1 fully saturated rings. The van der Waals surface area contributed by atoms with E-state index in [2.05, 4.69) is 0 Å². The van der Waals surface area contributed by atoms with Crippen LogP contribution in [0.3, 0.4) is 0 Å². The Morgan fingerprint density at radius 3 is 2.48 bits per heavy atom. The molecule has 1 amide bonds. The number of nitrogens with zero attached hydrogens (tertiary/aromatic N) is 1.